The van der Waals surface area contributed by atoms with Crippen LogP contribution in [0.15, 0.2) is 24.3 Å². The third-order valence-electron chi connectivity index (χ3n) is 3.57. The Balaban J connectivity index is 2.10. The van der Waals surface area contributed by atoms with Crippen LogP contribution in [-0.2, 0) is 6.54 Å². The molecule has 0 radical (unpaired) electrons. The zero-order valence-electron chi connectivity index (χ0n) is 11.0. The number of hydrogen-bond donors (Lipinski definition) is 1. The van der Waals surface area contributed by atoms with Gasteiger partial charge in [0.25, 0.3) is 0 Å². The van der Waals surface area contributed by atoms with Gasteiger partial charge in [0.2, 0.25) is 5.91 Å². The molecule has 1 amide bonds. The molecule has 1 aromatic carbocycles. The molecule has 0 unspecified atom stereocenters. The summed E-state index contributed by atoms with van der Waals surface area (Å²) in [6.07, 6.45) is -1.64. The maximum absolute atomic E-state index is 12.6. The molecule has 2 N–H and O–H groups in total. The van der Waals surface area contributed by atoms with Crippen molar-refractivity contribution in [3.63, 3.8) is 0 Å². The van der Waals surface area contributed by atoms with E-state index < -0.39 is 18.6 Å². The van der Waals surface area contributed by atoms with Crippen LogP contribution in [0, 0.1) is 0 Å². The zero-order valence-corrected chi connectivity index (χ0v) is 11.0. The van der Waals surface area contributed by atoms with Gasteiger partial charge in [-0.1, -0.05) is 18.6 Å². The van der Waals surface area contributed by atoms with Crippen molar-refractivity contribution in [2.75, 3.05) is 6.54 Å². The normalized spacial score (nSPS) is 16.2. The first-order valence-corrected chi connectivity index (χ1v) is 6.55. The molecule has 3 nitrogen and oxygen atoms in total. The minimum Gasteiger partial charge on any atom is -0.366 e. The molecule has 1 aliphatic carbocycles. The second-order valence-electron chi connectivity index (χ2n) is 5.17. The minimum absolute atomic E-state index is 0.0196. The summed E-state index contributed by atoms with van der Waals surface area (Å²) in [5.74, 6) is -0.571. The number of alkyl halides is 3. The highest BCUT2D eigenvalue weighted by atomic mass is 19.4. The molecule has 1 saturated carbocycles. The lowest BCUT2D eigenvalue weighted by Crippen LogP contribution is -2.44. The van der Waals surface area contributed by atoms with E-state index in [9.17, 15) is 18.0 Å². The highest BCUT2D eigenvalue weighted by Gasteiger charge is 2.35. The SMILES string of the molecule is NC(=O)c1cccc(CN(CC(F)(F)F)C2CCC2)c1. The average molecular weight is 286 g/mol. The van der Waals surface area contributed by atoms with Crippen molar-refractivity contribution < 1.29 is 18.0 Å². The number of halogens is 3. The van der Waals surface area contributed by atoms with Crippen LogP contribution in [0.3, 0.4) is 0 Å². The third-order valence-corrected chi connectivity index (χ3v) is 3.57. The van der Waals surface area contributed by atoms with E-state index in [1.165, 1.54) is 4.90 Å². The Kier molecular flexibility index (Phi) is 4.32. The summed E-state index contributed by atoms with van der Waals surface area (Å²) in [6.45, 7) is -0.732. The number of benzene rings is 1. The molecule has 0 atom stereocenters. The molecule has 20 heavy (non-hydrogen) atoms. The van der Waals surface area contributed by atoms with Crippen molar-refractivity contribution in [1.82, 2.24) is 4.90 Å². The molecular formula is C14H17F3N2O. The van der Waals surface area contributed by atoms with E-state index in [4.69, 9.17) is 5.73 Å². The lowest BCUT2D eigenvalue weighted by Gasteiger charge is -2.38. The number of nitrogens with zero attached hydrogens (tertiary/aromatic N) is 1. The first kappa shape index (κ1) is 14.8. The van der Waals surface area contributed by atoms with Crippen molar-refractivity contribution in [3.8, 4) is 0 Å². The third kappa shape index (κ3) is 3.96. The second-order valence-corrected chi connectivity index (χ2v) is 5.17. The van der Waals surface area contributed by atoms with Gasteiger partial charge in [-0.2, -0.15) is 13.2 Å². The Bertz CT molecular complexity index is 484. The van der Waals surface area contributed by atoms with E-state index in [1.807, 2.05) is 0 Å². The van der Waals surface area contributed by atoms with Crippen LogP contribution in [0.2, 0.25) is 0 Å². The topological polar surface area (TPSA) is 46.3 Å². The van der Waals surface area contributed by atoms with Crippen LogP contribution < -0.4 is 5.73 Å². The summed E-state index contributed by atoms with van der Waals surface area (Å²) in [5, 5.41) is 0. The Labute approximate surface area is 115 Å². The van der Waals surface area contributed by atoms with Gasteiger partial charge in [-0.3, -0.25) is 9.69 Å². The number of carbonyl (C=O) groups is 1. The Morgan fingerprint density at radius 2 is 2.05 bits per heavy atom. The molecule has 110 valence electrons. The summed E-state index contributed by atoms with van der Waals surface area (Å²) < 4.78 is 37.9. The van der Waals surface area contributed by atoms with Crippen LogP contribution in [0.4, 0.5) is 13.2 Å². The molecule has 0 saturated heterocycles. The van der Waals surface area contributed by atoms with Crippen LogP contribution in [0.5, 0.6) is 0 Å². The highest BCUT2D eigenvalue weighted by Crippen LogP contribution is 2.29. The van der Waals surface area contributed by atoms with Crippen molar-refractivity contribution in [2.45, 2.75) is 38.0 Å². The molecule has 1 fully saturated rings. The van der Waals surface area contributed by atoms with Crippen LogP contribution in [-0.4, -0.2) is 29.6 Å². The predicted molar refractivity (Wildman–Crippen MR) is 69.1 cm³/mol. The fourth-order valence-corrected chi connectivity index (χ4v) is 2.35. The van der Waals surface area contributed by atoms with Gasteiger partial charge in [0.15, 0.2) is 0 Å². The van der Waals surface area contributed by atoms with E-state index in [2.05, 4.69) is 0 Å². The molecular weight excluding hydrogens is 269 g/mol. The molecule has 1 aromatic rings. The number of primary amides is 1. The van der Waals surface area contributed by atoms with E-state index >= 15 is 0 Å². The number of amides is 1. The number of hydrogen-bond acceptors (Lipinski definition) is 2. The zero-order chi connectivity index (χ0) is 14.8. The van der Waals surface area contributed by atoms with Gasteiger partial charge in [-0.25, -0.2) is 0 Å². The summed E-state index contributed by atoms with van der Waals surface area (Å²) in [5.41, 5.74) is 6.18. The van der Waals surface area contributed by atoms with Crippen molar-refractivity contribution in [1.29, 1.82) is 0 Å². The fourth-order valence-electron chi connectivity index (χ4n) is 2.35. The van der Waals surface area contributed by atoms with E-state index in [0.29, 0.717) is 11.1 Å². The average Bonchev–Trinajstić information content (AvgIpc) is 2.24. The Morgan fingerprint density at radius 1 is 1.35 bits per heavy atom. The lowest BCUT2D eigenvalue weighted by molar-refractivity contribution is -0.155. The molecule has 2 rings (SSSR count). The molecule has 0 heterocycles. The van der Waals surface area contributed by atoms with Crippen LogP contribution in [0.1, 0.15) is 35.2 Å². The van der Waals surface area contributed by atoms with Gasteiger partial charge in [-0.05, 0) is 30.5 Å². The Hall–Kier alpha value is -1.56. The predicted octanol–water partition coefficient (Wildman–Crippen LogP) is 2.70. The summed E-state index contributed by atoms with van der Waals surface area (Å²) >= 11 is 0. The van der Waals surface area contributed by atoms with Crippen molar-refractivity contribution in [2.24, 2.45) is 5.73 Å². The van der Waals surface area contributed by atoms with E-state index in [0.717, 1.165) is 19.3 Å². The van der Waals surface area contributed by atoms with Gasteiger partial charge in [-0.15, -0.1) is 0 Å². The molecule has 0 bridgehead atoms. The fraction of sp³-hybridized carbons (Fsp3) is 0.500. The number of rotatable bonds is 5. The first-order chi connectivity index (χ1) is 9.35. The number of nitrogens with two attached hydrogens (primary N) is 1. The van der Waals surface area contributed by atoms with Gasteiger partial charge in [0, 0.05) is 18.2 Å². The van der Waals surface area contributed by atoms with Crippen LogP contribution >= 0.6 is 0 Å². The molecule has 1 aliphatic rings. The van der Waals surface area contributed by atoms with Gasteiger partial charge >= 0.3 is 6.18 Å². The largest absolute Gasteiger partial charge is 0.401 e. The van der Waals surface area contributed by atoms with Gasteiger partial charge < -0.3 is 5.73 Å². The molecule has 0 aromatic heterocycles. The smallest absolute Gasteiger partial charge is 0.366 e. The van der Waals surface area contributed by atoms with Gasteiger partial charge in [0.1, 0.15) is 0 Å². The highest BCUT2D eigenvalue weighted by molar-refractivity contribution is 5.92. The standard InChI is InChI=1S/C14H17F3N2O/c15-14(16,17)9-19(12-5-2-6-12)8-10-3-1-4-11(7-10)13(18)20/h1,3-4,7,12H,2,5-6,8-9H2,(H2,18,20). The molecule has 0 spiro atoms. The quantitative estimate of drug-likeness (QED) is 0.904. The monoisotopic (exact) mass is 286 g/mol. The molecule has 0 aliphatic heterocycles. The molecule has 6 heteroatoms. The minimum atomic E-state index is -4.21. The summed E-state index contributed by atoms with van der Waals surface area (Å²) in [6, 6.07) is 6.46. The van der Waals surface area contributed by atoms with Crippen molar-refractivity contribution in [3.05, 3.63) is 35.4 Å². The van der Waals surface area contributed by atoms with Gasteiger partial charge in [0.05, 0.1) is 6.54 Å². The second kappa shape index (κ2) is 5.83. The van der Waals surface area contributed by atoms with E-state index in [-0.39, 0.29) is 12.6 Å². The number of carbonyl (C=O) groups excluding carboxylic acids is 1. The Morgan fingerprint density at radius 3 is 2.55 bits per heavy atom. The maximum atomic E-state index is 12.6. The lowest BCUT2D eigenvalue weighted by atomic mass is 9.91. The first-order valence-electron chi connectivity index (χ1n) is 6.55. The summed E-state index contributed by atoms with van der Waals surface area (Å²) in [7, 11) is 0. The van der Waals surface area contributed by atoms with E-state index in [1.54, 1.807) is 24.3 Å². The maximum Gasteiger partial charge on any atom is 0.401 e. The summed E-state index contributed by atoms with van der Waals surface area (Å²) in [4.78, 5) is 12.5. The van der Waals surface area contributed by atoms with Crippen molar-refractivity contribution >= 4 is 5.91 Å². The van der Waals surface area contributed by atoms with Crippen LogP contribution in [0.25, 0.3) is 0 Å².